The zero-order valence-electron chi connectivity index (χ0n) is 8.10. The Morgan fingerprint density at radius 2 is 2.29 bits per heavy atom. The van der Waals surface area contributed by atoms with Gasteiger partial charge in [0, 0.05) is 17.9 Å². The van der Waals surface area contributed by atoms with E-state index in [2.05, 4.69) is 4.98 Å². The number of hydrogen-bond acceptors (Lipinski definition) is 3. The molecule has 0 saturated heterocycles. The molecule has 1 aromatic rings. The number of carboxylic acid groups (broad SMARTS) is 1. The molecule has 0 spiro atoms. The van der Waals surface area contributed by atoms with Crippen molar-refractivity contribution in [1.82, 2.24) is 9.55 Å². The zero-order chi connectivity index (χ0) is 10.7. The quantitative estimate of drug-likeness (QED) is 0.761. The Balaban J connectivity index is 3.21. The average molecular weight is 196 g/mol. The van der Waals surface area contributed by atoms with Crippen LogP contribution in [0, 0.1) is 0 Å². The molecule has 0 unspecified atom stereocenters. The number of rotatable bonds is 3. The van der Waals surface area contributed by atoms with Crippen LogP contribution in [-0.2, 0) is 11.2 Å². The van der Waals surface area contributed by atoms with Crippen molar-refractivity contribution < 1.29 is 9.90 Å². The molecule has 5 heteroatoms. The largest absolute Gasteiger partial charge is 0.481 e. The van der Waals surface area contributed by atoms with Gasteiger partial charge in [-0.1, -0.05) is 0 Å². The first-order valence-corrected chi connectivity index (χ1v) is 4.30. The highest BCUT2D eigenvalue weighted by atomic mass is 16.4. The maximum atomic E-state index is 11.3. The second-order valence-electron chi connectivity index (χ2n) is 3.25. The lowest BCUT2D eigenvalue weighted by molar-refractivity contribution is -0.136. The first kappa shape index (κ1) is 10.4. The monoisotopic (exact) mass is 196 g/mol. The van der Waals surface area contributed by atoms with E-state index in [1.165, 1.54) is 10.8 Å². The normalized spacial score (nSPS) is 10.5. The van der Waals surface area contributed by atoms with E-state index in [1.807, 2.05) is 13.8 Å². The van der Waals surface area contributed by atoms with Gasteiger partial charge in [-0.3, -0.25) is 9.36 Å². The van der Waals surface area contributed by atoms with Crippen LogP contribution in [-0.4, -0.2) is 20.6 Å². The summed E-state index contributed by atoms with van der Waals surface area (Å²) < 4.78 is 1.38. The third kappa shape index (κ3) is 2.18. The first-order chi connectivity index (χ1) is 6.52. The van der Waals surface area contributed by atoms with Crippen LogP contribution in [0.25, 0.3) is 0 Å². The summed E-state index contributed by atoms with van der Waals surface area (Å²) in [7, 11) is 0. The highest BCUT2D eigenvalue weighted by Crippen LogP contribution is 2.05. The lowest BCUT2D eigenvalue weighted by atomic mass is 10.2. The van der Waals surface area contributed by atoms with Crippen LogP contribution in [0.1, 0.15) is 25.6 Å². The van der Waals surface area contributed by atoms with Gasteiger partial charge in [0.15, 0.2) is 0 Å². The first-order valence-electron chi connectivity index (χ1n) is 4.30. The Kier molecular flexibility index (Phi) is 3.01. The summed E-state index contributed by atoms with van der Waals surface area (Å²) in [5.74, 6) is -0.954. The zero-order valence-corrected chi connectivity index (χ0v) is 8.10. The van der Waals surface area contributed by atoms with Crippen molar-refractivity contribution in [3.05, 3.63) is 28.4 Å². The van der Waals surface area contributed by atoms with E-state index in [1.54, 1.807) is 6.07 Å². The van der Waals surface area contributed by atoms with Gasteiger partial charge in [0.25, 0.3) is 0 Å². The SMILES string of the molecule is CC(C)n1c(CC(=O)O)ccnc1=O. The second kappa shape index (κ2) is 4.04. The van der Waals surface area contributed by atoms with Gasteiger partial charge in [0.1, 0.15) is 0 Å². The van der Waals surface area contributed by atoms with Crippen molar-refractivity contribution in [3.8, 4) is 0 Å². The van der Waals surface area contributed by atoms with Gasteiger partial charge in [-0.05, 0) is 19.9 Å². The predicted octanol–water partition coefficient (Wildman–Crippen LogP) is 0.451. The van der Waals surface area contributed by atoms with Crippen LogP contribution in [0.4, 0.5) is 0 Å². The molecule has 0 aliphatic heterocycles. The molecule has 0 amide bonds. The summed E-state index contributed by atoms with van der Waals surface area (Å²) >= 11 is 0. The summed E-state index contributed by atoms with van der Waals surface area (Å²) in [6.45, 7) is 3.63. The van der Waals surface area contributed by atoms with E-state index in [4.69, 9.17) is 5.11 Å². The van der Waals surface area contributed by atoms with Crippen LogP contribution < -0.4 is 5.69 Å². The Bertz CT molecular complexity index is 395. The summed E-state index contributed by atoms with van der Waals surface area (Å²) in [6, 6.07) is 1.47. The van der Waals surface area contributed by atoms with Gasteiger partial charge in [-0.15, -0.1) is 0 Å². The smallest absolute Gasteiger partial charge is 0.347 e. The molecule has 0 radical (unpaired) electrons. The Hall–Kier alpha value is -1.65. The average Bonchev–Trinajstić information content (AvgIpc) is 2.01. The van der Waals surface area contributed by atoms with E-state index in [9.17, 15) is 9.59 Å². The third-order valence-electron chi connectivity index (χ3n) is 1.82. The van der Waals surface area contributed by atoms with Crippen LogP contribution in [0.15, 0.2) is 17.1 Å². The standard InChI is InChI=1S/C9H12N2O3/c1-6(2)11-7(5-8(12)13)3-4-10-9(11)14/h3-4,6H,5H2,1-2H3,(H,12,13). The topological polar surface area (TPSA) is 72.2 Å². The fraction of sp³-hybridized carbons (Fsp3) is 0.444. The van der Waals surface area contributed by atoms with Crippen LogP contribution >= 0.6 is 0 Å². The highest BCUT2D eigenvalue weighted by molar-refractivity contribution is 5.69. The van der Waals surface area contributed by atoms with Gasteiger partial charge in [0.05, 0.1) is 6.42 Å². The number of nitrogens with zero attached hydrogens (tertiary/aromatic N) is 2. The summed E-state index contributed by atoms with van der Waals surface area (Å²) in [4.78, 5) is 25.4. The molecule has 0 fully saturated rings. The van der Waals surface area contributed by atoms with Crippen LogP contribution in [0.2, 0.25) is 0 Å². The molecular weight excluding hydrogens is 184 g/mol. The van der Waals surface area contributed by atoms with Gasteiger partial charge in [-0.2, -0.15) is 0 Å². The van der Waals surface area contributed by atoms with Gasteiger partial charge in [0.2, 0.25) is 0 Å². The molecule has 1 heterocycles. The van der Waals surface area contributed by atoms with E-state index in [0.29, 0.717) is 5.69 Å². The molecule has 0 bridgehead atoms. The molecule has 14 heavy (non-hydrogen) atoms. The molecule has 5 nitrogen and oxygen atoms in total. The van der Waals surface area contributed by atoms with Gasteiger partial charge < -0.3 is 5.11 Å². The molecule has 1 aromatic heterocycles. The molecule has 0 saturated carbocycles. The number of hydrogen-bond donors (Lipinski definition) is 1. The maximum Gasteiger partial charge on any atom is 0.347 e. The molecule has 0 aliphatic carbocycles. The fourth-order valence-electron chi connectivity index (χ4n) is 1.30. The Morgan fingerprint density at radius 1 is 1.64 bits per heavy atom. The molecule has 0 atom stereocenters. The van der Waals surface area contributed by atoms with Crippen molar-refractivity contribution in [2.24, 2.45) is 0 Å². The number of carboxylic acids is 1. The molecule has 76 valence electrons. The minimum Gasteiger partial charge on any atom is -0.481 e. The molecule has 1 N–H and O–H groups in total. The minimum atomic E-state index is -0.954. The Morgan fingerprint density at radius 3 is 2.79 bits per heavy atom. The summed E-state index contributed by atoms with van der Waals surface area (Å²) in [5, 5.41) is 8.63. The molecule has 1 rings (SSSR count). The van der Waals surface area contributed by atoms with E-state index < -0.39 is 11.7 Å². The van der Waals surface area contributed by atoms with Crippen molar-refractivity contribution in [3.63, 3.8) is 0 Å². The van der Waals surface area contributed by atoms with Crippen molar-refractivity contribution in [1.29, 1.82) is 0 Å². The molecule has 0 aromatic carbocycles. The second-order valence-corrected chi connectivity index (χ2v) is 3.25. The number of aliphatic carboxylic acids is 1. The minimum absolute atomic E-state index is 0.0782. The van der Waals surface area contributed by atoms with Gasteiger partial charge in [-0.25, -0.2) is 9.78 Å². The lowest BCUT2D eigenvalue weighted by Crippen LogP contribution is -2.28. The van der Waals surface area contributed by atoms with E-state index in [0.717, 1.165) is 0 Å². The van der Waals surface area contributed by atoms with Crippen molar-refractivity contribution in [2.75, 3.05) is 0 Å². The predicted molar refractivity (Wildman–Crippen MR) is 50.2 cm³/mol. The third-order valence-corrected chi connectivity index (χ3v) is 1.82. The fourth-order valence-corrected chi connectivity index (χ4v) is 1.30. The van der Waals surface area contributed by atoms with E-state index in [-0.39, 0.29) is 12.5 Å². The Labute approximate surface area is 81.0 Å². The molecular formula is C9H12N2O3. The van der Waals surface area contributed by atoms with Crippen molar-refractivity contribution in [2.45, 2.75) is 26.3 Å². The van der Waals surface area contributed by atoms with Crippen molar-refractivity contribution >= 4 is 5.97 Å². The molecule has 0 aliphatic rings. The maximum absolute atomic E-state index is 11.3. The summed E-state index contributed by atoms with van der Waals surface area (Å²) in [5.41, 5.74) is 0.0752. The number of carbonyl (C=O) groups is 1. The van der Waals surface area contributed by atoms with Crippen LogP contribution in [0.3, 0.4) is 0 Å². The van der Waals surface area contributed by atoms with E-state index >= 15 is 0 Å². The number of aromatic nitrogens is 2. The summed E-state index contributed by atoms with van der Waals surface area (Å²) in [6.07, 6.45) is 1.18. The highest BCUT2D eigenvalue weighted by Gasteiger charge is 2.10. The lowest BCUT2D eigenvalue weighted by Gasteiger charge is -2.13. The van der Waals surface area contributed by atoms with Gasteiger partial charge >= 0.3 is 11.7 Å². The van der Waals surface area contributed by atoms with Crippen LogP contribution in [0.5, 0.6) is 0 Å².